The van der Waals surface area contributed by atoms with Gasteiger partial charge < -0.3 is 5.11 Å². The molecular weight excluding hydrogens is 245 g/mol. The van der Waals surface area contributed by atoms with Crippen LogP contribution >= 0.6 is 0 Å². The Morgan fingerprint density at radius 1 is 1.37 bits per heavy atom. The normalized spacial score (nSPS) is 18.2. The molecule has 0 saturated heterocycles. The van der Waals surface area contributed by atoms with Gasteiger partial charge in [0.25, 0.3) is 0 Å². The van der Waals surface area contributed by atoms with Gasteiger partial charge in [0, 0.05) is 6.04 Å². The molecule has 0 amide bonds. The molecule has 0 aromatic heterocycles. The standard InChI is InChI=1S/C15H20FNO2/c1-10-9-11(7-8-13(10)16)14(15(18)19)17-12-5-3-2-4-6-12/h7-9,12,14,17H,2-6H2,1H3,(H,18,19). The van der Waals surface area contributed by atoms with Gasteiger partial charge in [-0.3, -0.25) is 10.1 Å². The van der Waals surface area contributed by atoms with E-state index in [1.807, 2.05) is 0 Å². The molecule has 2 N–H and O–H groups in total. The second kappa shape index (κ2) is 6.15. The molecule has 0 heterocycles. The van der Waals surface area contributed by atoms with Gasteiger partial charge in [0.05, 0.1) is 0 Å². The molecule has 2 rings (SSSR count). The van der Waals surface area contributed by atoms with Crippen molar-refractivity contribution in [3.8, 4) is 0 Å². The molecule has 0 bridgehead atoms. The third-order valence-corrected chi connectivity index (χ3v) is 3.77. The zero-order valence-electron chi connectivity index (χ0n) is 11.2. The number of rotatable bonds is 4. The Morgan fingerprint density at radius 2 is 2.05 bits per heavy atom. The summed E-state index contributed by atoms with van der Waals surface area (Å²) in [6.45, 7) is 1.65. The van der Waals surface area contributed by atoms with E-state index in [0.29, 0.717) is 11.1 Å². The van der Waals surface area contributed by atoms with Crippen molar-refractivity contribution >= 4 is 5.97 Å². The number of nitrogens with one attached hydrogen (secondary N) is 1. The molecule has 1 aliphatic carbocycles. The Morgan fingerprint density at radius 3 is 2.63 bits per heavy atom. The van der Waals surface area contributed by atoms with Gasteiger partial charge in [0.2, 0.25) is 0 Å². The van der Waals surface area contributed by atoms with Crippen LogP contribution in [0.4, 0.5) is 4.39 Å². The van der Waals surface area contributed by atoms with E-state index >= 15 is 0 Å². The second-order valence-electron chi connectivity index (χ2n) is 5.28. The Hall–Kier alpha value is -1.42. The molecule has 1 aliphatic rings. The van der Waals surface area contributed by atoms with Crippen molar-refractivity contribution in [1.29, 1.82) is 0 Å². The Balaban J connectivity index is 2.14. The van der Waals surface area contributed by atoms with Crippen LogP contribution in [0.25, 0.3) is 0 Å². The highest BCUT2D eigenvalue weighted by molar-refractivity contribution is 5.75. The topological polar surface area (TPSA) is 49.3 Å². The first kappa shape index (κ1) is 14.0. The van der Waals surface area contributed by atoms with Crippen molar-refractivity contribution in [2.45, 2.75) is 51.1 Å². The maximum atomic E-state index is 13.3. The molecule has 1 saturated carbocycles. The van der Waals surface area contributed by atoms with Crippen molar-refractivity contribution in [3.05, 3.63) is 35.1 Å². The van der Waals surface area contributed by atoms with Crippen molar-refractivity contribution in [2.24, 2.45) is 0 Å². The van der Waals surface area contributed by atoms with Crippen LogP contribution < -0.4 is 5.32 Å². The van der Waals surface area contributed by atoms with Gasteiger partial charge in [0.15, 0.2) is 0 Å². The van der Waals surface area contributed by atoms with Gasteiger partial charge in [-0.1, -0.05) is 31.4 Å². The van der Waals surface area contributed by atoms with Crippen LogP contribution in [0, 0.1) is 12.7 Å². The van der Waals surface area contributed by atoms with E-state index in [9.17, 15) is 14.3 Å². The minimum atomic E-state index is -0.906. The third-order valence-electron chi connectivity index (χ3n) is 3.77. The lowest BCUT2D eigenvalue weighted by molar-refractivity contribution is -0.140. The van der Waals surface area contributed by atoms with Gasteiger partial charge in [-0.05, 0) is 37.0 Å². The zero-order chi connectivity index (χ0) is 13.8. The monoisotopic (exact) mass is 265 g/mol. The van der Waals surface area contributed by atoms with Gasteiger partial charge in [0.1, 0.15) is 11.9 Å². The predicted molar refractivity (Wildman–Crippen MR) is 71.5 cm³/mol. The number of hydrogen-bond acceptors (Lipinski definition) is 2. The molecule has 1 atom stereocenters. The third kappa shape index (κ3) is 3.53. The van der Waals surface area contributed by atoms with Gasteiger partial charge in [-0.25, -0.2) is 4.39 Å². The molecule has 0 radical (unpaired) electrons. The van der Waals surface area contributed by atoms with Crippen LogP contribution in [-0.2, 0) is 4.79 Å². The fourth-order valence-electron chi connectivity index (χ4n) is 2.66. The molecule has 1 unspecified atom stereocenters. The first-order valence-corrected chi connectivity index (χ1v) is 6.83. The van der Waals surface area contributed by atoms with E-state index in [4.69, 9.17) is 0 Å². The molecule has 0 spiro atoms. The lowest BCUT2D eigenvalue weighted by Gasteiger charge is -2.26. The van der Waals surface area contributed by atoms with Gasteiger partial charge in [-0.2, -0.15) is 0 Å². The largest absolute Gasteiger partial charge is 0.480 e. The SMILES string of the molecule is Cc1cc(C(NC2CCCCC2)C(=O)O)ccc1F. The molecule has 1 aromatic carbocycles. The highest BCUT2D eigenvalue weighted by atomic mass is 19.1. The number of carbonyl (C=O) groups is 1. The van der Waals surface area contributed by atoms with Crippen LogP contribution in [0.5, 0.6) is 0 Å². The number of aryl methyl sites for hydroxylation is 1. The minimum absolute atomic E-state index is 0.250. The van der Waals surface area contributed by atoms with Crippen LogP contribution in [0.1, 0.15) is 49.3 Å². The van der Waals surface area contributed by atoms with E-state index in [1.54, 1.807) is 19.1 Å². The molecule has 104 valence electrons. The van der Waals surface area contributed by atoms with E-state index in [0.717, 1.165) is 25.7 Å². The predicted octanol–water partition coefficient (Wildman–Crippen LogP) is 3.18. The molecule has 4 heteroatoms. The molecule has 3 nitrogen and oxygen atoms in total. The van der Waals surface area contributed by atoms with Gasteiger partial charge in [-0.15, -0.1) is 0 Å². The zero-order valence-corrected chi connectivity index (χ0v) is 11.2. The van der Waals surface area contributed by atoms with Crippen LogP contribution in [0.2, 0.25) is 0 Å². The number of carboxylic acid groups (broad SMARTS) is 1. The lowest BCUT2D eigenvalue weighted by Crippen LogP contribution is -2.38. The summed E-state index contributed by atoms with van der Waals surface area (Å²) < 4.78 is 13.3. The summed E-state index contributed by atoms with van der Waals surface area (Å²) in [5.74, 6) is -1.21. The van der Waals surface area contributed by atoms with E-state index in [-0.39, 0.29) is 11.9 Å². The quantitative estimate of drug-likeness (QED) is 0.879. The fraction of sp³-hybridized carbons (Fsp3) is 0.533. The smallest absolute Gasteiger partial charge is 0.325 e. The van der Waals surface area contributed by atoms with Crippen molar-refractivity contribution in [1.82, 2.24) is 5.32 Å². The lowest BCUT2D eigenvalue weighted by atomic mass is 9.93. The number of benzene rings is 1. The van der Waals surface area contributed by atoms with Crippen molar-refractivity contribution in [2.75, 3.05) is 0 Å². The summed E-state index contributed by atoms with van der Waals surface area (Å²) in [4.78, 5) is 11.4. The number of aliphatic carboxylic acids is 1. The summed E-state index contributed by atoms with van der Waals surface area (Å²) in [5.41, 5.74) is 1.10. The maximum absolute atomic E-state index is 13.3. The molecule has 1 fully saturated rings. The molecule has 0 aliphatic heterocycles. The average molecular weight is 265 g/mol. The van der Waals surface area contributed by atoms with Gasteiger partial charge >= 0.3 is 5.97 Å². The van der Waals surface area contributed by atoms with Crippen LogP contribution in [0.3, 0.4) is 0 Å². The summed E-state index contributed by atoms with van der Waals surface area (Å²) >= 11 is 0. The highest BCUT2D eigenvalue weighted by Crippen LogP contribution is 2.23. The van der Waals surface area contributed by atoms with Crippen molar-refractivity contribution < 1.29 is 14.3 Å². The number of halogens is 1. The number of carboxylic acids is 1. The van der Waals surface area contributed by atoms with Crippen LogP contribution in [0.15, 0.2) is 18.2 Å². The Kier molecular flexibility index (Phi) is 4.53. The molecular formula is C15H20FNO2. The summed E-state index contributed by atoms with van der Waals surface area (Å²) in [6, 6.07) is 4.01. The first-order valence-electron chi connectivity index (χ1n) is 6.83. The maximum Gasteiger partial charge on any atom is 0.325 e. The molecule has 1 aromatic rings. The second-order valence-corrected chi connectivity index (χ2v) is 5.28. The summed E-state index contributed by atoms with van der Waals surface area (Å²) in [6.07, 6.45) is 5.55. The van der Waals surface area contributed by atoms with E-state index in [2.05, 4.69) is 5.32 Å². The van der Waals surface area contributed by atoms with Crippen molar-refractivity contribution in [3.63, 3.8) is 0 Å². The van der Waals surface area contributed by atoms with E-state index < -0.39 is 12.0 Å². The average Bonchev–Trinajstić information content (AvgIpc) is 2.40. The Labute approximate surface area is 112 Å². The fourth-order valence-corrected chi connectivity index (χ4v) is 2.66. The first-order chi connectivity index (χ1) is 9.08. The van der Waals surface area contributed by atoms with Crippen LogP contribution in [-0.4, -0.2) is 17.1 Å². The molecule has 19 heavy (non-hydrogen) atoms. The van der Waals surface area contributed by atoms with E-state index in [1.165, 1.54) is 12.5 Å². The minimum Gasteiger partial charge on any atom is -0.480 e. The Bertz CT molecular complexity index is 455. The summed E-state index contributed by atoms with van der Waals surface area (Å²) in [7, 11) is 0. The summed E-state index contributed by atoms with van der Waals surface area (Å²) in [5, 5.41) is 12.6. The highest BCUT2D eigenvalue weighted by Gasteiger charge is 2.24. The number of hydrogen-bond donors (Lipinski definition) is 2.